The largest absolute Gasteiger partial charge is 0.496 e. The minimum atomic E-state index is -3.99. The molecule has 3 aromatic rings. The number of hydrazone groups is 1. The van der Waals surface area contributed by atoms with Gasteiger partial charge in [-0.1, -0.05) is 48.5 Å². The first kappa shape index (κ1) is 23.8. The zero-order valence-electron chi connectivity index (χ0n) is 19.0. The lowest BCUT2D eigenvalue weighted by Gasteiger charge is -2.25. The van der Waals surface area contributed by atoms with Crippen LogP contribution in [0, 0.1) is 6.92 Å². The number of methoxy groups -OCH3 is 1. The van der Waals surface area contributed by atoms with Crippen LogP contribution in [0.15, 0.2) is 82.8 Å². The van der Waals surface area contributed by atoms with Crippen LogP contribution in [0.5, 0.6) is 5.75 Å². The van der Waals surface area contributed by atoms with Crippen LogP contribution < -0.4 is 9.46 Å². The first-order valence-corrected chi connectivity index (χ1v) is 13.8. The van der Waals surface area contributed by atoms with Crippen LogP contribution in [0.25, 0.3) is 0 Å². The molecule has 34 heavy (non-hydrogen) atoms. The predicted octanol–water partition coefficient (Wildman–Crippen LogP) is 3.92. The van der Waals surface area contributed by atoms with Gasteiger partial charge >= 0.3 is 0 Å². The van der Waals surface area contributed by atoms with Gasteiger partial charge in [0, 0.05) is 17.7 Å². The average molecular weight is 500 g/mol. The summed E-state index contributed by atoms with van der Waals surface area (Å²) in [5.74, 6) is 0.557. The fraction of sp³-hybridized carbons (Fsp3) is 0.208. The molecular weight excluding hydrogens is 474 g/mol. The standard InChI is InChI=1S/C24H25N3O5S2/c1-17-9-4-7-14-24(17)34(30,31)27-22(20-12-5-6-13-23(20)32-2)16-21(25-27)18-10-8-11-19(15-18)26-33(3,28)29/h4-15,22,26H,16H2,1-3H3. The summed E-state index contributed by atoms with van der Waals surface area (Å²) in [6.45, 7) is 1.74. The topological polar surface area (TPSA) is 105 Å². The van der Waals surface area contributed by atoms with Crippen molar-refractivity contribution in [3.05, 3.63) is 89.5 Å². The molecule has 0 bridgehead atoms. The molecule has 0 aliphatic carbocycles. The molecule has 0 saturated carbocycles. The molecule has 0 aromatic heterocycles. The number of hydrogen-bond donors (Lipinski definition) is 1. The van der Waals surface area contributed by atoms with Crippen molar-refractivity contribution in [3.8, 4) is 5.75 Å². The van der Waals surface area contributed by atoms with E-state index in [2.05, 4.69) is 9.82 Å². The van der Waals surface area contributed by atoms with Gasteiger partial charge in [-0.2, -0.15) is 17.9 Å². The van der Waals surface area contributed by atoms with Gasteiger partial charge in [-0.15, -0.1) is 0 Å². The molecule has 4 rings (SSSR count). The quantitative estimate of drug-likeness (QED) is 0.531. The van der Waals surface area contributed by atoms with Gasteiger partial charge in [-0.25, -0.2) is 8.42 Å². The van der Waals surface area contributed by atoms with Crippen molar-refractivity contribution in [2.75, 3.05) is 18.1 Å². The molecule has 0 fully saturated rings. The second-order valence-corrected chi connectivity index (χ2v) is 11.5. The van der Waals surface area contributed by atoms with Crippen LogP contribution in [0.3, 0.4) is 0 Å². The van der Waals surface area contributed by atoms with Gasteiger partial charge < -0.3 is 4.74 Å². The van der Waals surface area contributed by atoms with E-state index in [0.717, 1.165) is 10.7 Å². The summed E-state index contributed by atoms with van der Waals surface area (Å²) < 4.78 is 60.0. The third-order valence-corrected chi connectivity index (χ3v) is 7.94. The van der Waals surface area contributed by atoms with Gasteiger partial charge in [0.15, 0.2) is 0 Å². The van der Waals surface area contributed by atoms with Gasteiger partial charge in [0.1, 0.15) is 5.75 Å². The Morgan fingerprint density at radius 3 is 2.38 bits per heavy atom. The molecule has 1 atom stereocenters. The van der Waals surface area contributed by atoms with Crippen molar-refractivity contribution in [3.63, 3.8) is 0 Å². The molecule has 0 amide bonds. The molecular formula is C24H25N3O5S2. The molecule has 10 heteroatoms. The highest BCUT2D eigenvalue weighted by Crippen LogP contribution is 2.41. The number of ether oxygens (including phenoxy) is 1. The smallest absolute Gasteiger partial charge is 0.279 e. The second-order valence-electron chi connectivity index (χ2n) is 8.01. The highest BCUT2D eigenvalue weighted by molar-refractivity contribution is 7.92. The summed E-state index contributed by atoms with van der Waals surface area (Å²) in [6, 6.07) is 20.1. The van der Waals surface area contributed by atoms with Gasteiger partial charge in [0.05, 0.1) is 30.0 Å². The summed E-state index contributed by atoms with van der Waals surface area (Å²) in [5.41, 5.74) is 2.81. The van der Waals surface area contributed by atoms with Crippen molar-refractivity contribution in [1.29, 1.82) is 0 Å². The van der Waals surface area contributed by atoms with Crippen molar-refractivity contribution in [1.82, 2.24) is 4.41 Å². The van der Waals surface area contributed by atoms with Gasteiger partial charge in [0.25, 0.3) is 10.0 Å². The number of sulfonamides is 2. The minimum absolute atomic E-state index is 0.174. The van der Waals surface area contributed by atoms with E-state index in [4.69, 9.17) is 4.74 Å². The number of nitrogens with one attached hydrogen (secondary N) is 1. The normalized spacial score (nSPS) is 16.3. The van der Waals surface area contributed by atoms with Gasteiger partial charge in [-0.3, -0.25) is 4.72 Å². The van der Waals surface area contributed by atoms with E-state index in [0.29, 0.717) is 33.8 Å². The number of aryl methyl sites for hydroxylation is 1. The maximum Gasteiger partial charge on any atom is 0.279 e. The van der Waals surface area contributed by atoms with Crippen molar-refractivity contribution < 1.29 is 21.6 Å². The molecule has 1 aliphatic heterocycles. The van der Waals surface area contributed by atoms with E-state index in [1.165, 1.54) is 7.11 Å². The van der Waals surface area contributed by atoms with Crippen molar-refractivity contribution in [2.24, 2.45) is 5.10 Å². The highest BCUT2D eigenvalue weighted by atomic mass is 32.2. The van der Waals surface area contributed by atoms with E-state index in [1.807, 2.05) is 18.2 Å². The van der Waals surface area contributed by atoms with Crippen LogP contribution in [0.4, 0.5) is 5.69 Å². The molecule has 0 spiro atoms. The van der Waals surface area contributed by atoms with Crippen LogP contribution in [-0.4, -0.2) is 40.3 Å². The Morgan fingerprint density at radius 1 is 0.971 bits per heavy atom. The number of rotatable bonds is 7. The van der Waals surface area contributed by atoms with Crippen LogP contribution in [0.2, 0.25) is 0 Å². The Hall–Kier alpha value is -3.37. The molecule has 8 nitrogen and oxygen atoms in total. The summed E-state index contributed by atoms with van der Waals surface area (Å²) in [7, 11) is -5.92. The van der Waals surface area contributed by atoms with Crippen molar-refractivity contribution in [2.45, 2.75) is 24.3 Å². The molecule has 1 aliphatic rings. The van der Waals surface area contributed by atoms with Crippen LogP contribution in [-0.2, 0) is 20.0 Å². The van der Waals surface area contributed by atoms with E-state index >= 15 is 0 Å². The first-order chi connectivity index (χ1) is 16.1. The molecule has 1 N–H and O–H groups in total. The minimum Gasteiger partial charge on any atom is -0.496 e. The van der Waals surface area contributed by atoms with Gasteiger partial charge in [-0.05, 0) is 42.3 Å². The van der Waals surface area contributed by atoms with Crippen LogP contribution in [0.1, 0.15) is 29.2 Å². The lowest BCUT2D eigenvalue weighted by Crippen LogP contribution is -2.28. The molecule has 1 heterocycles. The lowest BCUT2D eigenvalue weighted by atomic mass is 9.98. The summed E-state index contributed by atoms with van der Waals surface area (Å²) in [6.07, 6.45) is 1.36. The maximum absolute atomic E-state index is 13.8. The van der Waals surface area contributed by atoms with Gasteiger partial charge in [0.2, 0.25) is 10.0 Å². The monoisotopic (exact) mass is 499 g/mol. The zero-order valence-corrected chi connectivity index (χ0v) is 20.6. The molecule has 0 saturated heterocycles. The van der Waals surface area contributed by atoms with E-state index in [-0.39, 0.29) is 11.3 Å². The van der Waals surface area contributed by atoms with E-state index < -0.39 is 26.1 Å². The van der Waals surface area contributed by atoms with E-state index in [1.54, 1.807) is 61.5 Å². The average Bonchev–Trinajstić information content (AvgIpc) is 3.24. The Balaban J connectivity index is 1.83. The van der Waals surface area contributed by atoms with Crippen LogP contribution >= 0.6 is 0 Å². The Bertz CT molecular complexity index is 1470. The highest BCUT2D eigenvalue weighted by Gasteiger charge is 2.39. The fourth-order valence-electron chi connectivity index (χ4n) is 3.98. The molecule has 0 radical (unpaired) electrons. The number of benzene rings is 3. The number of anilines is 1. The van der Waals surface area contributed by atoms with E-state index in [9.17, 15) is 16.8 Å². The first-order valence-electron chi connectivity index (χ1n) is 10.5. The zero-order chi connectivity index (χ0) is 24.5. The number of hydrogen-bond acceptors (Lipinski definition) is 6. The molecule has 1 unspecified atom stereocenters. The van der Waals surface area contributed by atoms with Crippen molar-refractivity contribution >= 4 is 31.4 Å². The number of para-hydroxylation sites is 1. The third-order valence-electron chi connectivity index (χ3n) is 5.49. The Labute approximate surface area is 200 Å². The number of nitrogens with zero attached hydrogens (tertiary/aromatic N) is 2. The summed E-state index contributed by atoms with van der Waals surface area (Å²) in [5, 5.41) is 4.55. The second kappa shape index (κ2) is 9.11. The summed E-state index contributed by atoms with van der Waals surface area (Å²) >= 11 is 0. The Kier molecular flexibility index (Phi) is 6.37. The Morgan fingerprint density at radius 2 is 1.68 bits per heavy atom. The summed E-state index contributed by atoms with van der Waals surface area (Å²) in [4.78, 5) is 0.174. The lowest BCUT2D eigenvalue weighted by molar-refractivity contribution is 0.350. The molecule has 178 valence electrons. The third kappa shape index (κ3) is 4.78. The SMILES string of the molecule is COc1ccccc1C1CC(c2cccc(NS(C)(=O)=O)c2)=NN1S(=O)(=O)c1ccccc1C. The fourth-order valence-corrected chi connectivity index (χ4v) is 6.19. The maximum atomic E-state index is 13.8. The predicted molar refractivity (Wildman–Crippen MR) is 132 cm³/mol. The molecule has 3 aromatic carbocycles.